The second-order valence-corrected chi connectivity index (χ2v) is 6.61. The molecule has 2 aliphatic rings. The van der Waals surface area contributed by atoms with E-state index in [-0.39, 0.29) is 17.5 Å². The minimum absolute atomic E-state index is 0.0802. The van der Waals surface area contributed by atoms with Crippen LogP contribution in [0.3, 0.4) is 0 Å². The Labute approximate surface area is 111 Å². The van der Waals surface area contributed by atoms with E-state index in [1.165, 1.54) is 6.07 Å². The van der Waals surface area contributed by atoms with Gasteiger partial charge in [-0.05, 0) is 44.3 Å². The lowest BCUT2D eigenvalue weighted by Gasteiger charge is -2.42. The van der Waals surface area contributed by atoms with Crippen molar-refractivity contribution in [3.63, 3.8) is 0 Å². The van der Waals surface area contributed by atoms with Crippen molar-refractivity contribution >= 4 is 11.8 Å². The maximum absolute atomic E-state index is 13.4. The normalized spacial score (nSPS) is 34.4. The molecular weight excluding hydrogens is 249 g/mol. The molecule has 1 spiro atoms. The van der Waals surface area contributed by atoms with Crippen LogP contribution in [0.25, 0.3) is 0 Å². The SMILES string of the molecule is CNC1CC2(CCSC2C)Oc2ccc(F)cc21. The van der Waals surface area contributed by atoms with Crippen molar-refractivity contribution in [1.82, 2.24) is 5.32 Å². The zero-order chi connectivity index (χ0) is 12.8. The van der Waals surface area contributed by atoms with Gasteiger partial charge in [-0.1, -0.05) is 0 Å². The molecule has 0 aliphatic carbocycles. The Morgan fingerprint density at radius 2 is 2.33 bits per heavy atom. The molecule has 2 aliphatic heterocycles. The van der Waals surface area contributed by atoms with E-state index in [9.17, 15) is 4.39 Å². The predicted octanol–water partition coefficient (Wildman–Crippen LogP) is 3.13. The van der Waals surface area contributed by atoms with Crippen molar-refractivity contribution in [1.29, 1.82) is 0 Å². The molecule has 2 nitrogen and oxygen atoms in total. The topological polar surface area (TPSA) is 21.3 Å². The summed E-state index contributed by atoms with van der Waals surface area (Å²) in [6.07, 6.45) is 2.00. The lowest BCUT2D eigenvalue weighted by Crippen LogP contribution is -2.47. The first kappa shape index (κ1) is 12.3. The fourth-order valence-corrected chi connectivity index (χ4v) is 4.41. The third-order valence-electron chi connectivity index (χ3n) is 4.19. The highest BCUT2D eigenvalue weighted by Gasteiger charge is 2.48. The third kappa shape index (κ3) is 1.82. The Balaban J connectivity index is 2.02. The molecule has 0 bridgehead atoms. The van der Waals surface area contributed by atoms with E-state index in [1.807, 2.05) is 18.8 Å². The predicted molar refractivity (Wildman–Crippen MR) is 72.7 cm³/mol. The van der Waals surface area contributed by atoms with Crippen LogP contribution in [0.5, 0.6) is 5.75 Å². The average molecular weight is 267 g/mol. The molecule has 3 atom stereocenters. The molecule has 0 radical (unpaired) electrons. The standard InChI is InChI=1S/C14H18FNOS/c1-9-14(5-6-18-9)8-12(16-2)11-7-10(15)3-4-13(11)17-14/h3-4,7,9,12,16H,5-6,8H2,1-2H3. The Morgan fingerprint density at radius 3 is 3.00 bits per heavy atom. The van der Waals surface area contributed by atoms with Crippen molar-refractivity contribution in [2.75, 3.05) is 12.8 Å². The van der Waals surface area contributed by atoms with Crippen LogP contribution in [0.2, 0.25) is 0 Å². The molecule has 1 aromatic rings. The van der Waals surface area contributed by atoms with E-state index in [0.29, 0.717) is 5.25 Å². The summed E-state index contributed by atoms with van der Waals surface area (Å²) in [6.45, 7) is 2.24. The highest BCUT2D eigenvalue weighted by Crippen LogP contribution is 2.49. The number of thioether (sulfide) groups is 1. The molecule has 0 saturated carbocycles. The molecule has 0 amide bonds. The molecule has 1 N–H and O–H groups in total. The Bertz CT molecular complexity index is 467. The van der Waals surface area contributed by atoms with Crippen molar-refractivity contribution in [3.8, 4) is 5.75 Å². The lowest BCUT2D eigenvalue weighted by atomic mass is 9.83. The van der Waals surface area contributed by atoms with E-state index in [1.54, 1.807) is 12.1 Å². The minimum atomic E-state index is -0.192. The summed E-state index contributed by atoms with van der Waals surface area (Å²) in [5.74, 6) is 1.80. The summed E-state index contributed by atoms with van der Waals surface area (Å²) in [4.78, 5) is 0. The second-order valence-electron chi connectivity index (χ2n) is 5.16. The first-order valence-corrected chi connectivity index (χ1v) is 7.47. The van der Waals surface area contributed by atoms with Gasteiger partial charge in [0.05, 0.1) is 0 Å². The van der Waals surface area contributed by atoms with Crippen LogP contribution in [0.1, 0.15) is 31.4 Å². The van der Waals surface area contributed by atoms with E-state index < -0.39 is 0 Å². The fraction of sp³-hybridized carbons (Fsp3) is 0.571. The number of hydrogen-bond donors (Lipinski definition) is 1. The summed E-state index contributed by atoms with van der Waals surface area (Å²) < 4.78 is 19.6. The molecule has 98 valence electrons. The van der Waals surface area contributed by atoms with Gasteiger partial charge in [-0.25, -0.2) is 4.39 Å². The zero-order valence-electron chi connectivity index (χ0n) is 10.7. The van der Waals surface area contributed by atoms with Crippen LogP contribution in [-0.4, -0.2) is 23.7 Å². The number of hydrogen-bond acceptors (Lipinski definition) is 3. The molecule has 3 unspecified atom stereocenters. The van der Waals surface area contributed by atoms with Crippen molar-refractivity contribution in [2.24, 2.45) is 0 Å². The van der Waals surface area contributed by atoms with Gasteiger partial charge in [0.2, 0.25) is 0 Å². The van der Waals surface area contributed by atoms with Gasteiger partial charge in [-0.3, -0.25) is 0 Å². The van der Waals surface area contributed by atoms with Gasteiger partial charge in [0.15, 0.2) is 0 Å². The molecule has 2 heterocycles. The minimum Gasteiger partial charge on any atom is -0.486 e. The molecule has 1 fully saturated rings. The van der Waals surface area contributed by atoms with Crippen molar-refractivity contribution in [3.05, 3.63) is 29.6 Å². The molecular formula is C14H18FNOS. The summed E-state index contributed by atoms with van der Waals surface area (Å²) in [5, 5.41) is 3.80. The van der Waals surface area contributed by atoms with Crippen LogP contribution in [0, 0.1) is 5.82 Å². The van der Waals surface area contributed by atoms with E-state index in [2.05, 4.69) is 12.2 Å². The summed E-state index contributed by atoms with van der Waals surface area (Å²) >= 11 is 1.97. The molecule has 4 heteroatoms. The third-order valence-corrected chi connectivity index (χ3v) is 5.56. The Kier molecular flexibility index (Phi) is 3.02. The number of benzene rings is 1. The number of fused-ring (bicyclic) bond motifs is 1. The van der Waals surface area contributed by atoms with Gasteiger partial charge in [-0.2, -0.15) is 11.8 Å². The molecule has 18 heavy (non-hydrogen) atoms. The van der Waals surface area contributed by atoms with E-state index in [0.717, 1.165) is 29.9 Å². The van der Waals surface area contributed by atoms with Gasteiger partial charge in [-0.15, -0.1) is 0 Å². The number of halogens is 1. The second kappa shape index (κ2) is 4.42. The monoisotopic (exact) mass is 267 g/mol. The quantitative estimate of drug-likeness (QED) is 0.844. The van der Waals surface area contributed by atoms with Crippen LogP contribution >= 0.6 is 11.8 Å². The van der Waals surface area contributed by atoms with Crippen molar-refractivity contribution < 1.29 is 9.13 Å². The number of rotatable bonds is 1. The number of nitrogens with one attached hydrogen (secondary N) is 1. The maximum atomic E-state index is 13.4. The lowest BCUT2D eigenvalue weighted by molar-refractivity contribution is 0.0362. The molecule has 0 aromatic heterocycles. The highest BCUT2D eigenvalue weighted by molar-refractivity contribution is 8.00. The largest absolute Gasteiger partial charge is 0.486 e. The van der Waals surface area contributed by atoms with Crippen LogP contribution < -0.4 is 10.1 Å². The van der Waals surface area contributed by atoms with Crippen LogP contribution in [0.4, 0.5) is 4.39 Å². The Hall–Kier alpha value is -0.740. The van der Waals surface area contributed by atoms with Gasteiger partial charge < -0.3 is 10.1 Å². The summed E-state index contributed by atoms with van der Waals surface area (Å²) in [7, 11) is 1.94. The smallest absolute Gasteiger partial charge is 0.125 e. The summed E-state index contributed by atoms with van der Waals surface area (Å²) in [6, 6.07) is 5.03. The van der Waals surface area contributed by atoms with Crippen molar-refractivity contribution in [2.45, 2.75) is 36.7 Å². The van der Waals surface area contributed by atoms with E-state index in [4.69, 9.17) is 4.74 Å². The molecule has 1 aromatic carbocycles. The Morgan fingerprint density at radius 1 is 1.50 bits per heavy atom. The average Bonchev–Trinajstić information content (AvgIpc) is 2.70. The number of ether oxygens (including phenoxy) is 1. The van der Waals surface area contributed by atoms with Gasteiger partial charge in [0.25, 0.3) is 0 Å². The fourth-order valence-electron chi connectivity index (χ4n) is 3.02. The maximum Gasteiger partial charge on any atom is 0.125 e. The summed E-state index contributed by atoms with van der Waals surface area (Å²) in [5.41, 5.74) is 0.871. The molecule has 3 rings (SSSR count). The zero-order valence-corrected chi connectivity index (χ0v) is 11.5. The first-order valence-electron chi connectivity index (χ1n) is 6.42. The first-order chi connectivity index (χ1) is 8.64. The highest BCUT2D eigenvalue weighted by atomic mass is 32.2. The molecule has 1 saturated heterocycles. The van der Waals surface area contributed by atoms with Gasteiger partial charge in [0.1, 0.15) is 17.2 Å². The van der Waals surface area contributed by atoms with E-state index >= 15 is 0 Å². The van der Waals surface area contributed by atoms with Gasteiger partial charge in [0, 0.05) is 23.3 Å². The van der Waals surface area contributed by atoms with Gasteiger partial charge >= 0.3 is 0 Å². The van der Waals surface area contributed by atoms with Crippen LogP contribution in [-0.2, 0) is 0 Å². The van der Waals surface area contributed by atoms with Crippen LogP contribution in [0.15, 0.2) is 18.2 Å².